The van der Waals surface area contributed by atoms with E-state index in [0.717, 1.165) is 28.7 Å². The summed E-state index contributed by atoms with van der Waals surface area (Å²) in [6.45, 7) is 2.70. The van der Waals surface area contributed by atoms with Gasteiger partial charge >= 0.3 is 0 Å². The summed E-state index contributed by atoms with van der Waals surface area (Å²) in [5, 5.41) is 0. The lowest BCUT2D eigenvalue weighted by Gasteiger charge is -2.10. The molecule has 0 unspecified atom stereocenters. The number of Topliss-reactive ketones (excluding diaryl/α,β-unsaturated/α-hetero) is 1. The van der Waals surface area contributed by atoms with E-state index in [4.69, 9.17) is 9.47 Å². The second-order valence-electron chi connectivity index (χ2n) is 5.59. The van der Waals surface area contributed by atoms with Gasteiger partial charge in [0.2, 0.25) is 0 Å². The SMILES string of the molecule is CCCOc1cc(/C=C2\Cc3ccccc3C2=O)ccc1OC. The molecule has 2 aromatic rings. The smallest absolute Gasteiger partial charge is 0.189 e. The van der Waals surface area contributed by atoms with E-state index >= 15 is 0 Å². The van der Waals surface area contributed by atoms with Crippen LogP contribution < -0.4 is 9.47 Å². The zero-order valence-corrected chi connectivity index (χ0v) is 13.5. The van der Waals surface area contributed by atoms with Crippen LogP contribution in [0.1, 0.15) is 34.8 Å². The van der Waals surface area contributed by atoms with Crippen LogP contribution in [0.4, 0.5) is 0 Å². The van der Waals surface area contributed by atoms with E-state index in [1.54, 1.807) is 7.11 Å². The van der Waals surface area contributed by atoms with Crippen molar-refractivity contribution >= 4 is 11.9 Å². The minimum atomic E-state index is 0.118. The van der Waals surface area contributed by atoms with Crippen molar-refractivity contribution in [3.05, 3.63) is 64.7 Å². The highest BCUT2D eigenvalue weighted by Crippen LogP contribution is 2.31. The molecule has 3 nitrogen and oxygen atoms in total. The van der Waals surface area contributed by atoms with Gasteiger partial charge < -0.3 is 9.47 Å². The van der Waals surface area contributed by atoms with Crippen LogP contribution in [0.3, 0.4) is 0 Å². The zero-order chi connectivity index (χ0) is 16.2. The van der Waals surface area contributed by atoms with E-state index in [1.807, 2.05) is 48.5 Å². The Kier molecular flexibility index (Phi) is 4.47. The van der Waals surface area contributed by atoms with Gasteiger partial charge in [-0.05, 0) is 35.8 Å². The largest absolute Gasteiger partial charge is 0.493 e. The lowest BCUT2D eigenvalue weighted by atomic mass is 10.1. The number of ether oxygens (including phenoxy) is 2. The third kappa shape index (κ3) is 3.14. The van der Waals surface area contributed by atoms with Crippen molar-refractivity contribution in [2.75, 3.05) is 13.7 Å². The van der Waals surface area contributed by atoms with Crippen LogP contribution in [-0.2, 0) is 6.42 Å². The van der Waals surface area contributed by atoms with Crippen LogP contribution in [0.2, 0.25) is 0 Å². The van der Waals surface area contributed by atoms with Gasteiger partial charge in [0.15, 0.2) is 17.3 Å². The zero-order valence-electron chi connectivity index (χ0n) is 13.5. The fourth-order valence-electron chi connectivity index (χ4n) is 2.78. The Morgan fingerprint density at radius 3 is 2.70 bits per heavy atom. The number of allylic oxidation sites excluding steroid dienone is 1. The monoisotopic (exact) mass is 308 g/mol. The molecule has 0 heterocycles. The normalized spacial score (nSPS) is 14.9. The Morgan fingerprint density at radius 1 is 1.13 bits per heavy atom. The molecule has 0 radical (unpaired) electrons. The van der Waals surface area contributed by atoms with Gasteiger partial charge in [-0.2, -0.15) is 0 Å². The Bertz CT molecular complexity index is 759. The van der Waals surface area contributed by atoms with Crippen LogP contribution in [0.5, 0.6) is 11.5 Å². The molecule has 0 aromatic heterocycles. The summed E-state index contributed by atoms with van der Waals surface area (Å²) in [6.07, 6.45) is 3.56. The average Bonchev–Trinajstić information content (AvgIpc) is 2.89. The maximum absolute atomic E-state index is 12.5. The number of benzene rings is 2. The number of fused-ring (bicyclic) bond motifs is 1. The third-order valence-corrected chi connectivity index (χ3v) is 3.92. The van der Waals surface area contributed by atoms with Crippen molar-refractivity contribution in [3.63, 3.8) is 0 Å². The number of carbonyl (C=O) groups excluding carboxylic acids is 1. The van der Waals surface area contributed by atoms with Crippen molar-refractivity contribution in [1.29, 1.82) is 0 Å². The first kappa shape index (κ1) is 15.3. The van der Waals surface area contributed by atoms with Crippen molar-refractivity contribution < 1.29 is 14.3 Å². The Hall–Kier alpha value is -2.55. The molecule has 2 aromatic carbocycles. The lowest BCUT2D eigenvalue weighted by molar-refractivity contribution is 0.104. The fraction of sp³-hybridized carbons (Fsp3) is 0.250. The topological polar surface area (TPSA) is 35.5 Å². The number of hydrogen-bond donors (Lipinski definition) is 0. The molecule has 0 spiro atoms. The number of rotatable bonds is 5. The van der Waals surface area contributed by atoms with Gasteiger partial charge in [-0.3, -0.25) is 4.79 Å². The molecule has 0 N–H and O–H groups in total. The van der Waals surface area contributed by atoms with E-state index in [2.05, 4.69) is 6.92 Å². The Morgan fingerprint density at radius 2 is 1.96 bits per heavy atom. The molecular formula is C20H20O3. The molecule has 1 aliphatic carbocycles. The summed E-state index contributed by atoms with van der Waals surface area (Å²) < 4.78 is 11.1. The first-order valence-electron chi connectivity index (χ1n) is 7.87. The number of ketones is 1. The minimum Gasteiger partial charge on any atom is -0.493 e. The highest BCUT2D eigenvalue weighted by Gasteiger charge is 2.23. The van der Waals surface area contributed by atoms with E-state index in [-0.39, 0.29) is 5.78 Å². The Balaban J connectivity index is 1.90. The molecule has 118 valence electrons. The molecule has 0 bridgehead atoms. The number of carbonyl (C=O) groups is 1. The van der Waals surface area contributed by atoms with Gasteiger partial charge in [0, 0.05) is 17.6 Å². The molecule has 0 fully saturated rings. The van der Waals surface area contributed by atoms with Gasteiger partial charge in [0.05, 0.1) is 13.7 Å². The maximum atomic E-state index is 12.5. The molecule has 0 saturated heterocycles. The summed E-state index contributed by atoms with van der Waals surface area (Å²) in [7, 11) is 1.63. The highest BCUT2D eigenvalue weighted by atomic mass is 16.5. The summed E-state index contributed by atoms with van der Waals surface area (Å²) in [5.74, 6) is 1.54. The van der Waals surface area contributed by atoms with E-state index in [0.29, 0.717) is 24.5 Å². The van der Waals surface area contributed by atoms with Gasteiger partial charge in [0.1, 0.15) is 0 Å². The van der Waals surface area contributed by atoms with Crippen LogP contribution in [-0.4, -0.2) is 19.5 Å². The second kappa shape index (κ2) is 6.69. The summed E-state index contributed by atoms with van der Waals surface area (Å²) >= 11 is 0. The molecule has 0 atom stereocenters. The van der Waals surface area contributed by atoms with Gasteiger partial charge in [0.25, 0.3) is 0 Å². The highest BCUT2D eigenvalue weighted by molar-refractivity contribution is 6.15. The fourth-order valence-corrected chi connectivity index (χ4v) is 2.78. The van der Waals surface area contributed by atoms with Gasteiger partial charge in [-0.15, -0.1) is 0 Å². The van der Waals surface area contributed by atoms with Crippen molar-refractivity contribution in [1.82, 2.24) is 0 Å². The second-order valence-corrected chi connectivity index (χ2v) is 5.59. The molecule has 3 rings (SSSR count). The standard InChI is InChI=1S/C20H20O3/c1-3-10-23-19-12-14(8-9-18(19)22-2)11-16-13-15-6-4-5-7-17(15)20(16)21/h4-9,11-12H,3,10,13H2,1-2H3/b16-11+. The average molecular weight is 308 g/mol. The molecule has 0 saturated carbocycles. The van der Waals surface area contributed by atoms with Crippen LogP contribution in [0.15, 0.2) is 48.0 Å². The van der Waals surface area contributed by atoms with Gasteiger partial charge in [-0.25, -0.2) is 0 Å². The van der Waals surface area contributed by atoms with Gasteiger partial charge in [-0.1, -0.05) is 37.3 Å². The predicted molar refractivity (Wildman–Crippen MR) is 91.2 cm³/mol. The first-order valence-corrected chi connectivity index (χ1v) is 7.87. The number of hydrogen-bond acceptors (Lipinski definition) is 3. The molecule has 0 amide bonds. The molecule has 3 heteroatoms. The number of methoxy groups -OCH3 is 1. The minimum absolute atomic E-state index is 0.118. The molecule has 0 aliphatic heterocycles. The van der Waals surface area contributed by atoms with Crippen LogP contribution >= 0.6 is 0 Å². The first-order chi connectivity index (χ1) is 11.2. The van der Waals surface area contributed by atoms with E-state index < -0.39 is 0 Å². The van der Waals surface area contributed by atoms with Crippen LogP contribution in [0.25, 0.3) is 6.08 Å². The quantitative estimate of drug-likeness (QED) is 0.772. The third-order valence-electron chi connectivity index (χ3n) is 3.92. The summed E-state index contributed by atoms with van der Waals surface area (Å²) in [6, 6.07) is 13.5. The lowest BCUT2D eigenvalue weighted by Crippen LogP contribution is -1.98. The van der Waals surface area contributed by atoms with Crippen molar-refractivity contribution in [2.45, 2.75) is 19.8 Å². The van der Waals surface area contributed by atoms with Crippen molar-refractivity contribution in [3.8, 4) is 11.5 Å². The Labute approximate surface area is 136 Å². The molecular weight excluding hydrogens is 288 g/mol. The maximum Gasteiger partial charge on any atom is 0.189 e. The summed E-state index contributed by atoms with van der Waals surface area (Å²) in [5.41, 5.74) is 3.68. The summed E-state index contributed by atoms with van der Waals surface area (Å²) in [4.78, 5) is 12.5. The van der Waals surface area contributed by atoms with Crippen LogP contribution in [0, 0.1) is 0 Å². The molecule has 23 heavy (non-hydrogen) atoms. The van der Waals surface area contributed by atoms with E-state index in [9.17, 15) is 4.79 Å². The molecule has 1 aliphatic rings. The predicted octanol–water partition coefficient (Wildman–Crippen LogP) is 4.31. The van der Waals surface area contributed by atoms with Crippen molar-refractivity contribution in [2.24, 2.45) is 0 Å². The van der Waals surface area contributed by atoms with E-state index in [1.165, 1.54) is 0 Å².